The van der Waals surface area contributed by atoms with Crippen molar-refractivity contribution in [1.29, 1.82) is 0 Å². The average Bonchev–Trinajstić information content (AvgIpc) is 2.80. The molecule has 2 heterocycles. The fourth-order valence-corrected chi connectivity index (χ4v) is 3.60. The van der Waals surface area contributed by atoms with Gasteiger partial charge in [0.25, 0.3) is 0 Å². The maximum absolute atomic E-state index is 12.8. The van der Waals surface area contributed by atoms with Gasteiger partial charge in [-0.1, -0.05) is 48.5 Å². The Bertz CT molecular complexity index is 1000. The molecule has 30 heavy (non-hydrogen) atoms. The van der Waals surface area contributed by atoms with Crippen LogP contribution in [0.3, 0.4) is 0 Å². The molecule has 1 saturated heterocycles. The van der Waals surface area contributed by atoms with E-state index in [0.717, 1.165) is 32.0 Å². The SMILES string of the molecule is O=C(CN1CCN(c2ccccn2)CC1)Nc1ccccc1C(=O)c1ccccc1. The molecule has 1 aromatic heterocycles. The number of carbonyl (C=O) groups excluding carboxylic acids is 2. The molecule has 3 aromatic rings. The number of nitrogens with zero attached hydrogens (tertiary/aromatic N) is 3. The third-order valence-electron chi connectivity index (χ3n) is 5.19. The maximum atomic E-state index is 12.8. The summed E-state index contributed by atoms with van der Waals surface area (Å²) in [5.74, 6) is 0.750. The first-order valence-electron chi connectivity index (χ1n) is 10.1. The Kier molecular flexibility index (Phi) is 6.15. The first-order chi connectivity index (χ1) is 14.7. The summed E-state index contributed by atoms with van der Waals surface area (Å²) in [5.41, 5.74) is 1.64. The van der Waals surface area contributed by atoms with E-state index in [1.807, 2.05) is 48.5 Å². The van der Waals surface area contributed by atoms with Crippen LogP contribution < -0.4 is 10.2 Å². The molecule has 0 radical (unpaired) electrons. The van der Waals surface area contributed by atoms with Gasteiger partial charge in [-0.2, -0.15) is 0 Å². The van der Waals surface area contributed by atoms with Gasteiger partial charge in [0.15, 0.2) is 5.78 Å². The summed E-state index contributed by atoms with van der Waals surface area (Å²) in [6, 6.07) is 22.1. The maximum Gasteiger partial charge on any atom is 0.238 e. The first-order valence-corrected chi connectivity index (χ1v) is 10.1. The van der Waals surface area contributed by atoms with Gasteiger partial charge in [-0.3, -0.25) is 14.5 Å². The minimum atomic E-state index is -0.116. The van der Waals surface area contributed by atoms with E-state index in [4.69, 9.17) is 0 Å². The zero-order chi connectivity index (χ0) is 20.8. The Labute approximate surface area is 176 Å². The molecule has 0 spiro atoms. The third-order valence-corrected chi connectivity index (χ3v) is 5.19. The molecule has 0 aliphatic carbocycles. The van der Waals surface area contributed by atoms with Crippen LogP contribution in [-0.2, 0) is 4.79 Å². The van der Waals surface area contributed by atoms with Gasteiger partial charge < -0.3 is 10.2 Å². The Morgan fingerprint density at radius 3 is 2.27 bits per heavy atom. The van der Waals surface area contributed by atoms with Crippen molar-refractivity contribution in [1.82, 2.24) is 9.88 Å². The number of anilines is 2. The van der Waals surface area contributed by atoms with Crippen molar-refractivity contribution < 1.29 is 9.59 Å². The Morgan fingerprint density at radius 1 is 0.833 bits per heavy atom. The number of hydrogen-bond acceptors (Lipinski definition) is 5. The molecule has 0 atom stereocenters. The van der Waals surface area contributed by atoms with E-state index in [-0.39, 0.29) is 11.7 Å². The summed E-state index contributed by atoms with van der Waals surface area (Å²) in [7, 11) is 0. The number of carbonyl (C=O) groups is 2. The summed E-state index contributed by atoms with van der Waals surface area (Å²) in [5, 5.41) is 2.92. The van der Waals surface area contributed by atoms with E-state index in [9.17, 15) is 9.59 Å². The molecular formula is C24H24N4O2. The monoisotopic (exact) mass is 400 g/mol. The van der Waals surface area contributed by atoms with E-state index in [1.54, 1.807) is 30.5 Å². The van der Waals surface area contributed by atoms with Gasteiger partial charge in [-0.25, -0.2) is 4.98 Å². The molecule has 0 saturated carbocycles. The summed E-state index contributed by atoms with van der Waals surface area (Å²) >= 11 is 0. The number of hydrogen-bond donors (Lipinski definition) is 1. The molecule has 0 unspecified atom stereocenters. The van der Waals surface area contributed by atoms with Gasteiger partial charge in [0.05, 0.1) is 12.2 Å². The lowest BCUT2D eigenvalue weighted by atomic mass is 10.0. The highest BCUT2D eigenvalue weighted by molar-refractivity contribution is 6.13. The van der Waals surface area contributed by atoms with Crippen molar-refractivity contribution >= 4 is 23.2 Å². The van der Waals surface area contributed by atoms with Crippen LogP contribution in [0.1, 0.15) is 15.9 Å². The van der Waals surface area contributed by atoms with Crippen molar-refractivity contribution in [2.75, 3.05) is 42.9 Å². The van der Waals surface area contributed by atoms with Crippen LogP contribution in [0.2, 0.25) is 0 Å². The lowest BCUT2D eigenvalue weighted by molar-refractivity contribution is -0.117. The van der Waals surface area contributed by atoms with E-state index in [0.29, 0.717) is 23.4 Å². The van der Waals surface area contributed by atoms with Gasteiger partial charge >= 0.3 is 0 Å². The van der Waals surface area contributed by atoms with E-state index >= 15 is 0 Å². The topological polar surface area (TPSA) is 65.5 Å². The van der Waals surface area contributed by atoms with Crippen LogP contribution in [0.15, 0.2) is 79.0 Å². The number of benzene rings is 2. The highest BCUT2D eigenvalue weighted by Gasteiger charge is 2.21. The highest BCUT2D eigenvalue weighted by atomic mass is 16.2. The molecule has 152 valence electrons. The molecule has 0 bridgehead atoms. The Hall–Kier alpha value is -3.51. The van der Waals surface area contributed by atoms with E-state index in [2.05, 4.69) is 20.1 Å². The zero-order valence-electron chi connectivity index (χ0n) is 16.7. The second-order valence-corrected chi connectivity index (χ2v) is 7.24. The summed E-state index contributed by atoms with van der Waals surface area (Å²) in [6.45, 7) is 3.52. The number of nitrogens with one attached hydrogen (secondary N) is 1. The van der Waals surface area contributed by atoms with Gasteiger partial charge in [0.1, 0.15) is 5.82 Å². The number of ketones is 1. The number of amides is 1. The molecule has 1 fully saturated rings. The predicted molar refractivity (Wildman–Crippen MR) is 118 cm³/mol. The lowest BCUT2D eigenvalue weighted by Gasteiger charge is -2.35. The minimum Gasteiger partial charge on any atom is -0.354 e. The zero-order valence-corrected chi connectivity index (χ0v) is 16.7. The molecule has 4 rings (SSSR count). The van der Waals surface area contributed by atoms with E-state index < -0.39 is 0 Å². The average molecular weight is 400 g/mol. The van der Waals surface area contributed by atoms with Crippen LogP contribution in [0, 0.1) is 0 Å². The molecule has 6 heteroatoms. The van der Waals surface area contributed by atoms with Crippen molar-refractivity contribution in [2.45, 2.75) is 0 Å². The van der Waals surface area contributed by atoms with Crippen LogP contribution in [0.5, 0.6) is 0 Å². The lowest BCUT2D eigenvalue weighted by Crippen LogP contribution is -2.49. The fourth-order valence-electron chi connectivity index (χ4n) is 3.60. The molecule has 1 amide bonds. The largest absolute Gasteiger partial charge is 0.354 e. The van der Waals surface area contributed by atoms with Crippen molar-refractivity contribution in [3.05, 3.63) is 90.1 Å². The van der Waals surface area contributed by atoms with Crippen LogP contribution >= 0.6 is 0 Å². The van der Waals surface area contributed by atoms with Crippen molar-refractivity contribution in [3.8, 4) is 0 Å². The van der Waals surface area contributed by atoms with Gasteiger partial charge in [-0.15, -0.1) is 0 Å². The fraction of sp³-hybridized carbons (Fsp3) is 0.208. The highest BCUT2D eigenvalue weighted by Crippen LogP contribution is 2.19. The smallest absolute Gasteiger partial charge is 0.238 e. The summed E-state index contributed by atoms with van der Waals surface area (Å²) < 4.78 is 0. The molecule has 6 nitrogen and oxygen atoms in total. The quantitative estimate of drug-likeness (QED) is 0.644. The first kappa shape index (κ1) is 19.8. The van der Waals surface area contributed by atoms with Gasteiger partial charge in [0, 0.05) is 43.5 Å². The summed E-state index contributed by atoms with van der Waals surface area (Å²) in [6.07, 6.45) is 1.79. The number of pyridine rings is 1. The number of para-hydroxylation sites is 1. The standard InChI is InChI=1S/C24H24N4O2/c29-23(18-27-14-16-28(17-15-27)22-12-6-7-13-25-22)26-21-11-5-4-10-20(21)24(30)19-8-2-1-3-9-19/h1-13H,14-18H2,(H,26,29). The van der Waals surface area contributed by atoms with Crippen LogP contribution in [-0.4, -0.2) is 54.3 Å². The number of aromatic nitrogens is 1. The second kappa shape index (κ2) is 9.33. The minimum absolute atomic E-state index is 0.101. The van der Waals surface area contributed by atoms with Gasteiger partial charge in [-0.05, 0) is 24.3 Å². The molecule has 1 aliphatic heterocycles. The van der Waals surface area contributed by atoms with Crippen LogP contribution in [0.25, 0.3) is 0 Å². The Balaban J connectivity index is 1.36. The predicted octanol–water partition coefficient (Wildman–Crippen LogP) is 3.07. The number of piperazine rings is 1. The van der Waals surface area contributed by atoms with E-state index in [1.165, 1.54) is 0 Å². The summed E-state index contributed by atoms with van der Waals surface area (Å²) in [4.78, 5) is 34.2. The molecular weight excluding hydrogens is 376 g/mol. The molecule has 1 N–H and O–H groups in total. The molecule has 1 aliphatic rings. The van der Waals surface area contributed by atoms with Crippen molar-refractivity contribution in [3.63, 3.8) is 0 Å². The van der Waals surface area contributed by atoms with Crippen molar-refractivity contribution in [2.24, 2.45) is 0 Å². The van der Waals surface area contributed by atoms with Gasteiger partial charge in [0.2, 0.25) is 5.91 Å². The second-order valence-electron chi connectivity index (χ2n) is 7.24. The number of rotatable bonds is 6. The normalized spacial score (nSPS) is 14.3. The Morgan fingerprint density at radius 2 is 1.53 bits per heavy atom. The van der Waals surface area contributed by atoms with Crippen LogP contribution in [0.4, 0.5) is 11.5 Å². The third kappa shape index (κ3) is 4.72. The molecule has 2 aromatic carbocycles.